The van der Waals surface area contributed by atoms with Gasteiger partial charge in [0.2, 0.25) is 0 Å². The van der Waals surface area contributed by atoms with Gasteiger partial charge in [-0.15, -0.1) is 0 Å². The van der Waals surface area contributed by atoms with Crippen LogP contribution in [0.1, 0.15) is 5.56 Å². The van der Waals surface area contributed by atoms with E-state index in [9.17, 15) is 8.42 Å². The number of benzene rings is 2. The fourth-order valence-electron chi connectivity index (χ4n) is 1.64. The Morgan fingerprint density at radius 2 is 1.48 bits per heavy atom. The lowest BCUT2D eigenvalue weighted by molar-refractivity contribution is 0.201. The van der Waals surface area contributed by atoms with Crippen molar-refractivity contribution < 1.29 is 22.8 Å². The van der Waals surface area contributed by atoms with Crippen molar-refractivity contribution in [2.75, 3.05) is 19.5 Å². The summed E-state index contributed by atoms with van der Waals surface area (Å²) in [6.45, 7) is 0.313. The van der Waals surface area contributed by atoms with Crippen molar-refractivity contribution in [3.05, 3.63) is 54.1 Å². The number of aliphatic hydroxyl groups is 1. The number of rotatable bonds is 4. The third kappa shape index (κ3) is 7.97. The minimum atomic E-state index is -3.67. The predicted octanol–water partition coefficient (Wildman–Crippen LogP) is 2.10. The molecule has 0 saturated carbocycles. The first-order valence-corrected chi connectivity index (χ1v) is 8.45. The normalized spacial score (nSPS) is 10.2. The van der Waals surface area contributed by atoms with Gasteiger partial charge in [-0.2, -0.15) is 13.7 Å². The molecule has 0 spiro atoms. The molecule has 0 bridgehead atoms. The minimum absolute atomic E-state index is 0.0113. The van der Waals surface area contributed by atoms with Crippen LogP contribution in [0.5, 0.6) is 5.75 Å². The monoisotopic (exact) mass is 335 g/mol. The molecular formula is C16H17NO5S. The van der Waals surface area contributed by atoms with Crippen molar-refractivity contribution >= 4 is 10.1 Å². The van der Waals surface area contributed by atoms with Gasteiger partial charge in [-0.25, -0.2) is 0 Å². The highest BCUT2D eigenvalue weighted by molar-refractivity contribution is 7.85. The molecular weight excluding hydrogens is 318 g/mol. The molecule has 0 aliphatic rings. The van der Waals surface area contributed by atoms with Crippen LogP contribution in [-0.4, -0.2) is 37.5 Å². The summed E-state index contributed by atoms with van der Waals surface area (Å²) in [5.74, 6) is 0.737. The van der Waals surface area contributed by atoms with Crippen molar-refractivity contribution in [2.24, 2.45) is 0 Å². The average Bonchev–Trinajstić information content (AvgIpc) is 2.52. The first kappa shape index (κ1) is 18.6. The van der Waals surface area contributed by atoms with Crippen LogP contribution in [0.25, 0.3) is 11.1 Å². The van der Waals surface area contributed by atoms with Crippen LogP contribution in [0.3, 0.4) is 0 Å². The van der Waals surface area contributed by atoms with Gasteiger partial charge in [-0.3, -0.25) is 4.55 Å². The van der Waals surface area contributed by atoms with E-state index in [0.29, 0.717) is 18.4 Å². The van der Waals surface area contributed by atoms with E-state index in [1.807, 2.05) is 36.4 Å². The van der Waals surface area contributed by atoms with Gasteiger partial charge in [0, 0.05) is 0 Å². The molecule has 2 N–H and O–H groups in total. The molecule has 2 aromatic rings. The van der Waals surface area contributed by atoms with E-state index in [4.69, 9.17) is 19.7 Å². The van der Waals surface area contributed by atoms with E-state index >= 15 is 0 Å². The summed E-state index contributed by atoms with van der Waals surface area (Å²) in [6.07, 6.45) is 0.715. The fourth-order valence-corrected chi connectivity index (χ4v) is 1.64. The molecule has 0 aromatic heterocycles. The maximum Gasteiger partial charge on any atom is 0.261 e. The van der Waals surface area contributed by atoms with Crippen LogP contribution in [0.4, 0.5) is 0 Å². The molecule has 0 aliphatic carbocycles. The van der Waals surface area contributed by atoms with Crippen LogP contribution in [0.2, 0.25) is 0 Å². The SMILES string of the molecule is CS(=O)(=O)O.N#Cc1ccc(-c2ccc(OCCO)cc2)cc1. The number of hydrogen-bond acceptors (Lipinski definition) is 5. The molecule has 23 heavy (non-hydrogen) atoms. The van der Waals surface area contributed by atoms with Crippen LogP contribution < -0.4 is 4.74 Å². The Kier molecular flexibility index (Phi) is 7.22. The molecule has 0 aliphatic heterocycles. The van der Waals surface area contributed by atoms with Crippen molar-refractivity contribution in [2.45, 2.75) is 0 Å². The summed E-state index contributed by atoms with van der Waals surface area (Å²) < 4.78 is 31.2. The summed E-state index contributed by atoms with van der Waals surface area (Å²) in [6, 6.07) is 17.2. The summed E-state index contributed by atoms with van der Waals surface area (Å²) in [5, 5.41) is 17.4. The molecule has 2 aromatic carbocycles. The van der Waals surface area contributed by atoms with Crippen LogP contribution in [0, 0.1) is 11.3 Å². The van der Waals surface area contributed by atoms with Gasteiger partial charge in [0.1, 0.15) is 12.4 Å². The Balaban J connectivity index is 0.000000463. The molecule has 122 valence electrons. The second kappa shape index (κ2) is 8.90. The molecule has 0 fully saturated rings. The fraction of sp³-hybridized carbons (Fsp3) is 0.188. The first-order chi connectivity index (χ1) is 10.8. The van der Waals surface area contributed by atoms with Crippen molar-refractivity contribution in [3.63, 3.8) is 0 Å². The van der Waals surface area contributed by atoms with Crippen molar-refractivity contribution in [3.8, 4) is 22.9 Å². The Labute approximate surface area is 135 Å². The lowest BCUT2D eigenvalue weighted by atomic mass is 10.0. The lowest BCUT2D eigenvalue weighted by Gasteiger charge is -2.06. The topological polar surface area (TPSA) is 108 Å². The number of ether oxygens (including phenoxy) is 1. The van der Waals surface area contributed by atoms with Gasteiger partial charge in [0.05, 0.1) is 24.5 Å². The molecule has 6 nitrogen and oxygen atoms in total. The van der Waals surface area contributed by atoms with Crippen LogP contribution >= 0.6 is 0 Å². The standard InChI is InChI=1S/C15H13NO2.CH4O3S/c16-11-12-1-3-13(4-2-12)14-5-7-15(8-6-14)18-10-9-17;1-5(2,3)4/h1-8,17H,9-10H2;1H3,(H,2,3,4). The minimum Gasteiger partial charge on any atom is -0.491 e. The molecule has 0 unspecified atom stereocenters. The van der Waals surface area contributed by atoms with Crippen molar-refractivity contribution in [1.82, 2.24) is 0 Å². The smallest absolute Gasteiger partial charge is 0.261 e. The number of nitrogens with zero attached hydrogens (tertiary/aromatic N) is 1. The number of nitriles is 1. The second-order valence-corrected chi connectivity index (χ2v) is 5.98. The Morgan fingerprint density at radius 1 is 1.04 bits per heavy atom. The molecule has 0 saturated heterocycles. The maximum absolute atomic E-state index is 9.19. The maximum atomic E-state index is 9.19. The summed E-state index contributed by atoms with van der Waals surface area (Å²) in [7, 11) is -3.67. The Morgan fingerprint density at radius 3 is 1.87 bits per heavy atom. The van der Waals surface area contributed by atoms with Crippen LogP contribution in [-0.2, 0) is 10.1 Å². The molecule has 2 rings (SSSR count). The Bertz CT molecular complexity index is 739. The van der Waals surface area contributed by atoms with Gasteiger partial charge < -0.3 is 9.84 Å². The quantitative estimate of drug-likeness (QED) is 0.829. The van der Waals surface area contributed by atoms with Gasteiger partial charge in [-0.05, 0) is 35.4 Å². The van der Waals surface area contributed by atoms with E-state index < -0.39 is 10.1 Å². The van der Waals surface area contributed by atoms with Gasteiger partial charge in [0.25, 0.3) is 10.1 Å². The molecule has 0 heterocycles. The molecule has 0 amide bonds. The molecule has 7 heteroatoms. The van der Waals surface area contributed by atoms with Crippen molar-refractivity contribution in [1.29, 1.82) is 5.26 Å². The van der Waals surface area contributed by atoms with E-state index in [-0.39, 0.29) is 6.61 Å². The number of hydrogen-bond donors (Lipinski definition) is 2. The van der Waals surface area contributed by atoms with Crippen LogP contribution in [0.15, 0.2) is 48.5 Å². The third-order valence-electron chi connectivity index (χ3n) is 2.56. The predicted molar refractivity (Wildman–Crippen MR) is 86.6 cm³/mol. The molecule has 0 atom stereocenters. The highest BCUT2D eigenvalue weighted by atomic mass is 32.2. The van der Waals surface area contributed by atoms with E-state index in [1.54, 1.807) is 12.1 Å². The second-order valence-electron chi connectivity index (χ2n) is 4.52. The first-order valence-electron chi connectivity index (χ1n) is 6.60. The number of aliphatic hydroxyl groups excluding tert-OH is 1. The third-order valence-corrected chi connectivity index (χ3v) is 2.56. The van der Waals surface area contributed by atoms with E-state index in [1.165, 1.54) is 0 Å². The van der Waals surface area contributed by atoms with Gasteiger partial charge >= 0.3 is 0 Å². The zero-order valence-corrected chi connectivity index (χ0v) is 13.3. The summed E-state index contributed by atoms with van der Waals surface area (Å²) in [5.41, 5.74) is 2.78. The largest absolute Gasteiger partial charge is 0.491 e. The van der Waals surface area contributed by atoms with E-state index in [0.717, 1.165) is 16.9 Å². The zero-order chi connectivity index (χ0) is 17.3. The Hall–Kier alpha value is -2.40. The average molecular weight is 335 g/mol. The highest BCUT2D eigenvalue weighted by Crippen LogP contribution is 2.22. The van der Waals surface area contributed by atoms with Gasteiger partial charge in [-0.1, -0.05) is 24.3 Å². The highest BCUT2D eigenvalue weighted by Gasteiger charge is 1.99. The zero-order valence-electron chi connectivity index (χ0n) is 12.5. The summed E-state index contributed by atoms with van der Waals surface area (Å²) in [4.78, 5) is 0. The molecule has 0 radical (unpaired) electrons. The summed E-state index contributed by atoms with van der Waals surface area (Å²) >= 11 is 0. The van der Waals surface area contributed by atoms with E-state index in [2.05, 4.69) is 6.07 Å². The van der Waals surface area contributed by atoms with Gasteiger partial charge in [0.15, 0.2) is 0 Å². The lowest BCUT2D eigenvalue weighted by Crippen LogP contribution is -2.01.